The number of carbonyl (C=O) groups excluding carboxylic acids is 1. The lowest BCUT2D eigenvalue weighted by Crippen LogP contribution is -2.44. The van der Waals surface area contributed by atoms with Crippen molar-refractivity contribution in [3.8, 4) is 0 Å². The predicted octanol–water partition coefficient (Wildman–Crippen LogP) is 4.69. The normalized spacial score (nSPS) is 24.7. The van der Waals surface area contributed by atoms with Crippen LogP contribution in [0, 0.1) is 17.8 Å². The lowest BCUT2D eigenvalue weighted by molar-refractivity contribution is -0.164. The number of hydrogen-bond donors (Lipinski definition) is 1. The first-order chi connectivity index (χ1) is 15.6. The second kappa shape index (κ2) is 9.18. The summed E-state index contributed by atoms with van der Waals surface area (Å²) in [5.74, 6) is 0.875. The smallest absolute Gasteiger partial charge is 0.348 e. The number of rotatable bonds is 7. The molecule has 0 amide bonds. The third-order valence-corrected chi connectivity index (χ3v) is 8.10. The number of fused-ring (bicyclic) bond motifs is 2. The van der Waals surface area contributed by atoms with Gasteiger partial charge in [0.1, 0.15) is 0 Å². The zero-order chi connectivity index (χ0) is 22.0. The van der Waals surface area contributed by atoms with Gasteiger partial charge in [0, 0.05) is 31.1 Å². The van der Waals surface area contributed by atoms with Gasteiger partial charge in [0.25, 0.3) is 0 Å². The number of likely N-dealkylation sites (tertiary alicyclic amines) is 1. The fraction of sp³-hybridized carbons (Fsp3) is 0.370. The minimum atomic E-state index is -1.76. The third-order valence-electron chi connectivity index (χ3n) is 7.13. The average Bonchev–Trinajstić information content (AvgIpc) is 3.45. The topological polar surface area (TPSA) is 49.8 Å². The Morgan fingerprint density at radius 2 is 1.62 bits per heavy atom. The van der Waals surface area contributed by atoms with Gasteiger partial charge in [-0.1, -0.05) is 66.7 Å². The van der Waals surface area contributed by atoms with Crippen molar-refractivity contribution in [1.29, 1.82) is 0 Å². The molecule has 1 aliphatic heterocycles. The summed E-state index contributed by atoms with van der Waals surface area (Å²) in [6, 6.07) is 23.4. The van der Waals surface area contributed by atoms with E-state index in [1.54, 1.807) is 18.2 Å². The molecule has 166 valence electrons. The number of hydrogen-bond acceptors (Lipinski definition) is 5. The molecular weight excluding hydrogens is 418 g/mol. The quantitative estimate of drug-likeness (QED) is 0.534. The van der Waals surface area contributed by atoms with Crippen LogP contribution < -0.4 is 0 Å². The molecule has 3 atom stereocenters. The molecule has 5 heteroatoms. The fourth-order valence-corrected chi connectivity index (χ4v) is 6.31. The first-order valence-corrected chi connectivity index (χ1v) is 12.3. The van der Waals surface area contributed by atoms with Crippen LogP contribution in [0.5, 0.6) is 0 Å². The molecule has 0 spiro atoms. The van der Waals surface area contributed by atoms with Crippen molar-refractivity contribution in [2.45, 2.75) is 25.0 Å². The third kappa shape index (κ3) is 4.13. The minimum absolute atomic E-state index is 0.370. The van der Waals surface area contributed by atoms with Crippen LogP contribution in [0.2, 0.25) is 0 Å². The highest BCUT2D eigenvalue weighted by atomic mass is 32.1. The van der Waals surface area contributed by atoms with Crippen molar-refractivity contribution < 1.29 is 14.6 Å². The van der Waals surface area contributed by atoms with Crippen LogP contribution in [0.3, 0.4) is 0 Å². The molecule has 1 aliphatic carbocycles. The van der Waals surface area contributed by atoms with Gasteiger partial charge in [-0.2, -0.15) is 0 Å². The van der Waals surface area contributed by atoms with E-state index in [1.807, 2.05) is 29.6 Å². The number of esters is 1. The van der Waals surface area contributed by atoms with E-state index in [4.69, 9.17) is 4.74 Å². The van der Waals surface area contributed by atoms with Gasteiger partial charge in [0.15, 0.2) is 0 Å². The highest BCUT2D eigenvalue weighted by molar-refractivity contribution is 7.10. The van der Waals surface area contributed by atoms with E-state index >= 15 is 0 Å². The molecule has 1 N–H and O–H groups in total. The number of carbonyl (C=O) groups is 1. The number of benzene rings is 2. The SMILES string of the molecule is O=C(OCC1C2CCC1CN(Cc1ccccc1)C2)C(O)(c1ccccc1)c1cccs1. The highest BCUT2D eigenvalue weighted by Crippen LogP contribution is 2.43. The second-order valence-electron chi connectivity index (χ2n) is 9.09. The van der Waals surface area contributed by atoms with Gasteiger partial charge < -0.3 is 9.84 Å². The molecule has 2 bridgehead atoms. The zero-order valence-corrected chi connectivity index (χ0v) is 18.9. The molecule has 5 rings (SSSR count). The number of aliphatic hydroxyl groups is 1. The Bertz CT molecular complexity index is 1010. The summed E-state index contributed by atoms with van der Waals surface area (Å²) in [4.78, 5) is 16.4. The molecule has 4 nitrogen and oxygen atoms in total. The summed E-state index contributed by atoms with van der Waals surface area (Å²) in [7, 11) is 0. The summed E-state index contributed by atoms with van der Waals surface area (Å²) < 4.78 is 5.86. The van der Waals surface area contributed by atoms with E-state index in [9.17, 15) is 9.90 Å². The van der Waals surface area contributed by atoms with Gasteiger partial charge in [-0.15, -0.1) is 11.3 Å². The van der Waals surface area contributed by atoms with Gasteiger partial charge >= 0.3 is 5.97 Å². The molecule has 1 saturated carbocycles. The Hall–Kier alpha value is -2.47. The van der Waals surface area contributed by atoms with Crippen molar-refractivity contribution in [1.82, 2.24) is 4.90 Å². The van der Waals surface area contributed by atoms with Gasteiger partial charge in [0.2, 0.25) is 5.60 Å². The van der Waals surface area contributed by atoms with Crippen molar-refractivity contribution in [3.05, 3.63) is 94.2 Å². The maximum atomic E-state index is 13.3. The molecule has 3 aromatic rings. The number of nitrogens with zero attached hydrogens (tertiary/aromatic N) is 1. The monoisotopic (exact) mass is 447 g/mol. The summed E-state index contributed by atoms with van der Waals surface area (Å²) in [6.45, 7) is 3.45. The molecule has 1 aromatic heterocycles. The lowest BCUT2D eigenvalue weighted by atomic mass is 9.85. The molecule has 2 aliphatic rings. The Labute approximate surface area is 193 Å². The van der Waals surface area contributed by atoms with E-state index in [-0.39, 0.29) is 0 Å². The van der Waals surface area contributed by atoms with E-state index in [0.717, 1.165) is 19.6 Å². The van der Waals surface area contributed by atoms with Crippen LogP contribution in [-0.4, -0.2) is 35.7 Å². The summed E-state index contributed by atoms with van der Waals surface area (Å²) in [5, 5.41) is 13.4. The summed E-state index contributed by atoms with van der Waals surface area (Å²) in [5.41, 5.74) is 0.136. The molecular formula is C27H29NO3S. The zero-order valence-electron chi connectivity index (χ0n) is 18.1. The number of piperidine rings is 1. The van der Waals surface area contributed by atoms with Crippen molar-refractivity contribution in [2.24, 2.45) is 17.8 Å². The van der Waals surface area contributed by atoms with E-state index in [0.29, 0.717) is 34.8 Å². The van der Waals surface area contributed by atoms with Crippen LogP contribution in [0.25, 0.3) is 0 Å². The second-order valence-corrected chi connectivity index (χ2v) is 10.0. The van der Waals surface area contributed by atoms with Crippen molar-refractivity contribution in [2.75, 3.05) is 19.7 Å². The Morgan fingerprint density at radius 3 is 2.25 bits per heavy atom. The first kappa shape index (κ1) is 21.4. The first-order valence-electron chi connectivity index (χ1n) is 11.4. The van der Waals surface area contributed by atoms with E-state index in [1.165, 1.54) is 29.7 Å². The number of thiophene rings is 1. The van der Waals surface area contributed by atoms with E-state index < -0.39 is 11.6 Å². The van der Waals surface area contributed by atoms with Crippen molar-refractivity contribution >= 4 is 17.3 Å². The highest BCUT2D eigenvalue weighted by Gasteiger charge is 2.46. The Morgan fingerprint density at radius 1 is 0.969 bits per heavy atom. The average molecular weight is 448 g/mol. The minimum Gasteiger partial charge on any atom is -0.463 e. The molecule has 2 fully saturated rings. The Balaban J connectivity index is 1.26. The molecule has 3 unspecified atom stereocenters. The van der Waals surface area contributed by atoms with Gasteiger partial charge in [-0.3, -0.25) is 4.90 Å². The predicted molar refractivity (Wildman–Crippen MR) is 126 cm³/mol. The van der Waals surface area contributed by atoms with Crippen LogP contribution in [-0.2, 0) is 21.7 Å². The molecule has 2 heterocycles. The molecule has 1 saturated heterocycles. The maximum absolute atomic E-state index is 13.3. The largest absolute Gasteiger partial charge is 0.463 e. The van der Waals surface area contributed by atoms with Crippen LogP contribution in [0.4, 0.5) is 0 Å². The molecule has 2 aromatic carbocycles. The van der Waals surface area contributed by atoms with Gasteiger partial charge in [-0.05, 0) is 41.7 Å². The summed E-state index contributed by atoms with van der Waals surface area (Å²) in [6.07, 6.45) is 2.37. The summed E-state index contributed by atoms with van der Waals surface area (Å²) >= 11 is 1.37. The standard InChI is InChI=1S/C27H29NO3S/c29-26(27(30,25-12-7-15-32-25)23-10-5-2-6-11-23)31-19-24-21-13-14-22(24)18-28(17-21)16-20-8-3-1-4-9-20/h1-12,15,21-22,24,30H,13-14,16-19H2. The van der Waals surface area contributed by atoms with Crippen LogP contribution in [0.15, 0.2) is 78.2 Å². The van der Waals surface area contributed by atoms with Crippen LogP contribution >= 0.6 is 11.3 Å². The Kier molecular flexibility index (Phi) is 6.13. The van der Waals surface area contributed by atoms with Crippen molar-refractivity contribution in [3.63, 3.8) is 0 Å². The number of ether oxygens (including phenoxy) is 1. The fourth-order valence-electron chi connectivity index (χ4n) is 5.48. The molecule has 32 heavy (non-hydrogen) atoms. The maximum Gasteiger partial charge on any atom is 0.348 e. The molecule has 0 radical (unpaired) electrons. The van der Waals surface area contributed by atoms with Gasteiger partial charge in [-0.25, -0.2) is 4.79 Å². The van der Waals surface area contributed by atoms with Gasteiger partial charge in [0.05, 0.1) is 11.5 Å². The van der Waals surface area contributed by atoms with Crippen LogP contribution in [0.1, 0.15) is 28.8 Å². The van der Waals surface area contributed by atoms with E-state index in [2.05, 4.69) is 35.2 Å². The lowest BCUT2D eigenvalue weighted by Gasteiger charge is -2.38.